The average molecular weight is 373 g/mol. The van der Waals surface area contributed by atoms with E-state index in [0.29, 0.717) is 12.0 Å². The minimum Gasteiger partial charge on any atom is -0.388 e. The summed E-state index contributed by atoms with van der Waals surface area (Å²) in [4.78, 5) is 12.8. The van der Waals surface area contributed by atoms with Crippen molar-refractivity contribution < 1.29 is 9.90 Å². The summed E-state index contributed by atoms with van der Waals surface area (Å²) in [6.45, 7) is 6.05. The lowest BCUT2D eigenvalue weighted by Gasteiger charge is -2.23. The second-order valence-corrected chi connectivity index (χ2v) is 7.46. The van der Waals surface area contributed by atoms with E-state index in [1.165, 1.54) is 0 Å². The number of carbonyl (C=O) groups is 1. The molecule has 1 amide bonds. The number of hydrogen-bond acceptors (Lipinski definition) is 2. The molecule has 3 rings (SSSR count). The predicted octanol–water partition coefficient (Wildman–Crippen LogP) is 5.21. The molecule has 2 atom stereocenters. The summed E-state index contributed by atoms with van der Waals surface area (Å²) in [5.74, 6) is -0.137. The van der Waals surface area contributed by atoms with E-state index < -0.39 is 6.10 Å². The van der Waals surface area contributed by atoms with Crippen LogP contribution < -0.4 is 5.32 Å². The Morgan fingerprint density at radius 3 is 1.68 bits per heavy atom. The molecular formula is C25H27NO2. The van der Waals surface area contributed by atoms with E-state index in [1.807, 2.05) is 93.6 Å². The van der Waals surface area contributed by atoms with Crippen LogP contribution in [0.2, 0.25) is 0 Å². The van der Waals surface area contributed by atoms with Crippen molar-refractivity contribution in [3.8, 4) is 0 Å². The molecule has 3 heteroatoms. The summed E-state index contributed by atoms with van der Waals surface area (Å²) in [6, 6.07) is 23.2. The van der Waals surface area contributed by atoms with Crippen LogP contribution in [0.5, 0.6) is 0 Å². The molecule has 0 fully saturated rings. The van der Waals surface area contributed by atoms with Gasteiger partial charge in [-0.25, -0.2) is 0 Å². The third-order valence-electron chi connectivity index (χ3n) is 5.02. The highest BCUT2D eigenvalue weighted by Crippen LogP contribution is 2.27. The summed E-state index contributed by atoms with van der Waals surface area (Å²) in [6.07, 6.45) is -0.255. The van der Waals surface area contributed by atoms with E-state index in [4.69, 9.17) is 0 Å². The molecule has 0 aliphatic carbocycles. The molecule has 0 radical (unpaired) electrons. The lowest BCUT2D eigenvalue weighted by atomic mass is 9.95. The molecule has 3 aromatic rings. The van der Waals surface area contributed by atoms with Crippen LogP contribution in [0.3, 0.4) is 0 Å². The predicted molar refractivity (Wildman–Crippen MR) is 113 cm³/mol. The van der Waals surface area contributed by atoms with Crippen LogP contribution in [0.25, 0.3) is 0 Å². The monoisotopic (exact) mass is 373 g/mol. The molecule has 0 saturated heterocycles. The number of amides is 1. The average Bonchev–Trinajstić information content (AvgIpc) is 2.69. The zero-order valence-electron chi connectivity index (χ0n) is 16.6. The van der Waals surface area contributed by atoms with E-state index in [0.717, 1.165) is 27.8 Å². The summed E-state index contributed by atoms with van der Waals surface area (Å²) in [5.41, 5.74) is 5.88. The first-order valence-electron chi connectivity index (χ1n) is 9.61. The molecule has 0 aliphatic rings. The van der Waals surface area contributed by atoms with Gasteiger partial charge >= 0.3 is 0 Å². The fraction of sp³-hybridized carbons (Fsp3) is 0.240. The Morgan fingerprint density at radius 1 is 0.750 bits per heavy atom. The maximum atomic E-state index is 12.8. The van der Waals surface area contributed by atoms with Gasteiger partial charge in [-0.05, 0) is 44.0 Å². The number of rotatable bonds is 6. The number of benzene rings is 3. The molecule has 2 N–H and O–H groups in total. The Morgan fingerprint density at radius 2 is 1.18 bits per heavy atom. The first-order valence-corrected chi connectivity index (χ1v) is 9.61. The summed E-state index contributed by atoms with van der Waals surface area (Å²) < 4.78 is 0. The third-order valence-corrected chi connectivity index (χ3v) is 5.02. The van der Waals surface area contributed by atoms with Crippen LogP contribution in [0.15, 0.2) is 72.8 Å². The van der Waals surface area contributed by atoms with Gasteiger partial charge in [-0.3, -0.25) is 4.79 Å². The minimum atomic E-state index is -0.662. The third kappa shape index (κ3) is 5.08. The molecule has 0 aliphatic heterocycles. The number of aliphatic hydroxyl groups is 1. The Bertz CT molecular complexity index is 912. The molecule has 0 aromatic heterocycles. The molecule has 144 valence electrons. The van der Waals surface area contributed by atoms with Gasteiger partial charge in [0.1, 0.15) is 0 Å². The van der Waals surface area contributed by atoms with Gasteiger partial charge in [0.15, 0.2) is 0 Å². The second-order valence-electron chi connectivity index (χ2n) is 7.46. The number of carbonyl (C=O) groups excluding carboxylic acids is 1. The molecule has 28 heavy (non-hydrogen) atoms. The Kier molecular flexibility index (Phi) is 6.27. The van der Waals surface area contributed by atoms with Crippen LogP contribution in [0, 0.1) is 20.8 Å². The molecule has 0 bridgehead atoms. The van der Waals surface area contributed by atoms with Crippen molar-refractivity contribution in [1.82, 2.24) is 5.32 Å². The van der Waals surface area contributed by atoms with Crippen molar-refractivity contribution in [2.24, 2.45) is 0 Å². The molecule has 0 spiro atoms. The van der Waals surface area contributed by atoms with Crippen molar-refractivity contribution in [3.05, 3.63) is 106 Å². The Labute approximate surface area is 167 Å². The van der Waals surface area contributed by atoms with E-state index in [9.17, 15) is 9.90 Å². The molecular weight excluding hydrogens is 346 g/mol. The second kappa shape index (κ2) is 8.85. The first kappa shape index (κ1) is 19.8. The molecule has 0 saturated carbocycles. The van der Waals surface area contributed by atoms with E-state index >= 15 is 0 Å². The zero-order chi connectivity index (χ0) is 20.1. The van der Waals surface area contributed by atoms with Gasteiger partial charge in [0.05, 0.1) is 12.1 Å². The van der Waals surface area contributed by atoms with Gasteiger partial charge in [-0.2, -0.15) is 0 Å². The van der Waals surface area contributed by atoms with Crippen LogP contribution >= 0.6 is 0 Å². The van der Waals surface area contributed by atoms with Crippen LogP contribution in [-0.4, -0.2) is 11.0 Å². The highest BCUT2D eigenvalue weighted by Gasteiger charge is 2.20. The normalized spacial score (nSPS) is 13.0. The van der Waals surface area contributed by atoms with Crippen molar-refractivity contribution in [3.63, 3.8) is 0 Å². The SMILES string of the molecule is Cc1ccc(C(=O)N[C@H](C[C@H](O)c2ccc(C)cc2)c2ccc(C)cc2)cc1. The topological polar surface area (TPSA) is 49.3 Å². The maximum absolute atomic E-state index is 12.8. The van der Waals surface area contributed by atoms with E-state index in [-0.39, 0.29) is 11.9 Å². The molecule has 3 aromatic carbocycles. The Hall–Kier alpha value is -2.91. The number of nitrogens with one attached hydrogen (secondary N) is 1. The molecule has 0 unspecified atom stereocenters. The van der Waals surface area contributed by atoms with Crippen LogP contribution in [0.4, 0.5) is 0 Å². The standard InChI is InChI=1S/C25H27NO2/c1-17-4-10-20(11-5-17)23(16-24(27)21-12-6-18(2)7-13-21)26-25(28)22-14-8-19(3)9-15-22/h4-15,23-24,27H,16H2,1-3H3,(H,26,28)/t23-,24+/m1/s1. The quantitative estimate of drug-likeness (QED) is 0.623. The highest BCUT2D eigenvalue weighted by atomic mass is 16.3. The summed E-state index contributed by atoms with van der Waals surface area (Å²) in [7, 11) is 0. The largest absolute Gasteiger partial charge is 0.388 e. The minimum absolute atomic E-state index is 0.137. The smallest absolute Gasteiger partial charge is 0.251 e. The number of aryl methyl sites for hydroxylation is 3. The van der Waals surface area contributed by atoms with Gasteiger partial charge in [-0.15, -0.1) is 0 Å². The fourth-order valence-electron chi connectivity index (χ4n) is 3.17. The van der Waals surface area contributed by atoms with E-state index in [2.05, 4.69) is 5.32 Å². The zero-order valence-corrected chi connectivity index (χ0v) is 16.6. The summed E-state index contributed by atoms with van der Waals surface area (Å²) >= 11 is 0. The molecule has 3 nitrogen and oxygen atoms in total. The number of aliphatic hydroxyl groups excluding tert-OH is 1. The van der Waals surface area contributed by atoms with Crippen molar-refractivity contribution in [2.75, 3.05) is 0 Å². The van der Waals surface area contributed by atoms with Crippen LogP contribution in [0.1, 0.15) is 56.7 Å². The van der Waals surface area contributed by atoms with Gasteiger partial charge < -0.3 is 10.4 Å². The molecule has 0 heterocycles. The van der Waals surface area contributed by atoms with Crippen molar-refractivity contribution >= 4 is 5.91 Å². The first-order chi connectivity index (χ1) is 13.4. The lowest BCUT2D eigenvalue weighted by molar-refractivity contribution is 0.0909. The Balaban J connectivity index is 1.82. The van der Waals surface area contributed by atoms with Gasteiger partial charge in [0, 0.05) is 12.0 Å². The van der Waals surface area contributed by atoms with Gasteiger partial charge in [0.25, 0.3) is 5.91 Å². The van der Waals surface area contributed by atoms with Crippen molar-refractivity contribution in [1.29, 1.82) is 0 Å². The number of hydrogen-bond donors (Lipinski definition) is 2. The fourth-order valence-corrected chi connectivity index (χ4v) is 3.17. The maximum Gasteiger partial charge on any atom is 0.251 e. The van der Waals surface area contributed by atoms with E-state index in [1.54, 1.807) is 0 Å². The van der Waals surface area contributed by atoms with Gasteiger partial charge in [-0.1, -0.05) is 77.4 Å². The van der Waals surface area contributed by atoms with Gasteiger partial charge in [0.2, 0.25) is 0 Å². The van der Waals surface area contributed by atoms with Crippen molar-refractivity contribution in [2.45, 2.75) is 39.3 Å². The highest BCUT2D eigenvalue weighted by molar-refractivity contribution is 5.94. The summed E-state index contributed by atoms with van der Waals surface area (Å²) in [5, 5.41) is 13.9. The lowest BCUT2D eigenvalue weighted by Crippen LogP contribution is -2.29. The van der Waals surface area contributed by atoms with Crippen LogP contribution in [-0.2, 0) is 0 Å².